The molecule has 1 aromatic carbocycles. The zero-order valence-electron chi connectivity index (χ0n) is 14.0. The Kier molecular flexibility index (Phi) is 4.79. The Hall–Kier alpha value is -2.72. The van der Waals surface area contributed by atoms with Gasteiger partial charge in [0.05, 0.1) is 21.6 Å². The van der Waals surface area contributed by atoms with Crippen LogP contribution in [-0.2, 0) is 10.0 Å². The number of carbonyl (C=O) groups excluding carboxylic acids is 1. The minimum atomic E-state index is -3.88. The van der Waals surface area contributed by atoms with Gasteiger partial charge in [0.2, 0.25) is 10.0 Å². The van der Waals surface area contributed by atoms with Crippen LogP contribution in [0.3, 0.4) is 0 Å². The molecule has 1 aliphatic rings. The van der Waals surface area contributed by atoms with Crippen LogP contribution in [0.5, 0.6) is 0 Å². The average Bonchev–Trinajstić information content (AvgIpc) is 3.16. The summed E-state index contributed by atoms with van der Waals surface area (Å²) in [4.78, 5) is 24.1. The number of carbonyl (C=O) groups is 1. The van der Waals surface area contributed by atoms with E-state index >= 15 is 0 Å². The first-order valence-electron chi connectivity index (χ1n) is 7.87. The summed E-state index contributed by atoms with van der Waals surface area (Å²) in [5.41, 5.74) is 0.575. The number of rotatable bonds is 4. The van der Waals surface area contributed by atoms with Crippen molar-refractivity contribution in [2.45, 2.75) is 11.8 Å². The molecule has 2 aromatic rings. The fourth-order valence-electron chi connectivity index (χ4n) is 2.82. The van der Waals surface area contributed by atoms with Gasteiger partial charge in [0, 0.05) is 38.3 Å². The highest BCUT2D eigenvalue weighted by Gasteiger charge is 2.32. The first kappa shape index (κ1) is 18.1. The van der Waals surface area contributed by atoms with Crippen molar-refractivity contribution in [3.05, 3.63) is 58.0 Å². The van der Waals surface area contributed by atoms with Gasteiger partial charge in [-0.05, 0) is 18.6 Å². The van der Waals surface area contributed by atoms with Crippen molar-refractivity contribution in [1.29, 1.82) is 0 Å². The quantitative estimate of drug-likeness (QED) is 0.589. The van der Waals surface area contributed by atoms with E-state index in [0.717, 1.165) is 6.07 Å². The van der Waals surface area contributed by atoms with E-state index in [1.165, 1.54) is 29.0 Å². The van der Waals surface area contributed by atoms with Gasteiger partial charge in [-0.15, -0.1) is 0 Å². The number of amides is 1. The molecule has 10 heteroatoms. The molecule has 0 bridgehead atoms. The Bertz CT molecular complexity index is 931. The standard InChI is InChI=1S/C16H17N3O6S/c1-12-2-3-14(19(21)22)10-15(12)26(23,24)18-7-5-17(6-8-18)16(20)13-4-9-25-11-13/h2-4,9-11H,5-8H2,1H3. The van der Waals surface area contributed by atoms with Crippen molar-refractivity contribution in [2.75, 3.05) is 26.2 Å². The molecule has 1 saturated heterocycles. The maximum absolute atomic E-state index is 12.9. The molecule has 1 aliphatic heterocycles. The molecule has 0 radical (unpaired) electrons. The van der Waals surface area contributed by atoms with E-state index in [-0.39, 0.29) is 42.7 Å². The number of benzene rings is 1. The summed E-state index contributed by atoms with van der Waals surface area (Å²) in [5.74, 6) is -0.220. The second-order valence-corrected chi connectivity index (χ2v) is 7.82. The first-order chi connectivity index (χ1) is 12.3. The molecule has 0 atom stereocenters. The molecule has 0 aliphatic carbocycles. The second kappa shape index (κ2) is 6.89. The van der Waals surface area contributed by atoms with Gasteiger partial charge in [0.25, 0.3) is 11.6 Å². The Morgan fingerprint density at radius 1 is 1.19 bits per heavy atom. The van der Waals surface area contributed by atoms with Crippen LogP contribution >= 0.6 is 0 Å². The number of hydrogen-bond donors (Lipinski definition) is 0. The third-order valence-corrected chi connectivity index (χ3v) is 6.33. The number of piperazine rings is 1. The average molecular weight is 379 g/mol. The molecule has 9 nitrogen and oxygen atoms in total. The van der Waals surface area contributed by atoms with Gasteiger partial charge in [-0.2, -0.15) is 4.31 Å². The van der Waals surface area contributed by atoms with E-state index in [1.807, 2.05) is 0 Å². The van der Waals surface area contributed by atoms with Gasteiger partial charge >= 0.3 is 0 Å². The molecule has 1 fully saturated rings. The van der Waals surface area contributed by atoms with Gasteiger partial charge in [0.1, 0.15) is 6.26 Å². The smallest absolute Gasteiger partial charge is 0.270 e. The Morgan fingerprint density at radius 3 is 2.46 bits per heavy atom. The van der Waals surface area contributed by atoms with Crippen LogP contribution in [0.2, 0.25) is 0 Å². The summed E-state index contributed by atoms with van der Waals surface area (Å²) in [6.45, 7) is 2.30. The second-order valence-electron chi connectivity index (χ2n) is 5.92. The predicted molar refractivity (Wildman–Crippen MR) is 91.2 cm³/mol. The van der Waals surface area contributed by atoms with Crippen molar-refractivity contribution in [2.24, 2.45) is 0 Å². The molecule has 26 heavy (non-hydrogen) atoms. The van der Waals surface area contributed by atoms with Gasteiger partial charge in [-0.3, -0.25) is 14.9 Å². The Labute approximate surface area is 150 Å². The third-order valence-electron chi connectivity index (χ3n) is 4.29. The Balaban J connectivity index is 1.77. The zero-order chi connectivity index (χ0) is 18.9. The minimum Gasteiger partial charge on any atom is -0.472 e. The third kappa shape index (κ3) is 3.33. The maximum atomic E-state index is 12.9. The van der Waals surface area contributed by atoms with Gasteiger partial charge in [0.15, 0.2) is 0 Å². The van der Waals surface area contributed by atoms with Crippen molar-refractivity contribution in [1.82, 2.24) is 9.21 Å². The van der Waals surface area contributed by atoms with E-state index in [2.05, 4.69) is 0 Å². The van der Waals surface area contributed by atoms with Crippen LogP contribution in [0.25, 0.3) is 0 Å². The molecule has 0 unspecified atom stereocenters. The molecule has 138 valence electrons. The van der Waals surface area contributed by atoms with E-state index in [4.69, 9.17) is 4.42 Å². The van der Waals surface area contributed by atoms with Gasteiger partial charge in [-0.25, -0.2) is 8.42 Å². The number of hydrogen-bond acceptors (Lipinski definition) is 6. The number of sulfonamides is 1. The van der Waals surface area contributed by atoms with E-state index < -0.39 is 14.9 Å². The zero-order valence-corrected chi connectivity index (χ0v) is 14.8. The van der Waals surface area contributed by atoms with Crippen LogP contribution in [0, 0.1) is 17.0 Å². The summed E-state index contributed by atoms with van der Waals surface area (Å²) >= 11 is 0. The summed E-state index contributed by atoms with van der Waals surface area (Å²) in [7, 11) is -3.88. The van der Waals surface area contributed by atoms with Crippen LogP contribution in [-0.4, -0.2) is 54.6 Å². The number of nitro groups is 1. The first-order valence-corrected chi connectivity index (χ1v) is 9.31. The summed E-state index contributed by atoms with van der Waals surface area (Å²) in [6, 6.07) is 5.32. The van der Waals surface area contributed by atoms with Crippen LogP contribution in [0.1, 0.15) is 15.9 Å². The molecular formula is C16H17N3O6S. The van der Waals surface area contributed by atoms with Gasteiger partial charge in [-0.1, -0.05) is 6.07 Å². The fourth-order valence-corrected chi connectivity index (χ4v) is 4.49. The normalized spacial score (nSPS) is 15.8. The lowest BCUT2D eigenvalue weighted by molar-refractivity contribution is -0.385. The lowest BCUT2D eigenvalue weighted by Crippen LogP contribution is -2.50. The molecule has 0 N–H and O–H groups in total. The number of non-ortho nitro benzene ring substituents is 1. The lowest BCUT2D eigenvalue weighted by Gasteiger charge is -2.34. The summed E-state index contributed by atoms with van der Waals surface area (Å²) in [6.07, 6.45) is 2.75. The molecule has 0 saturated carbocycles. The molecular weight excluding hydrogens is 362 g/mol. The van der Waals surface area contributed by atoms with Crippen LogP contribution in [0.15, 0.2) is 46.1 Å². The van der Waals surface area contributed by atoms with Crippen molar-refractivity contribution in [3.8, 4) is 0 Å². The van der Waals surface area contributed by atoms with E-state index in [1.54, 1.807) is 17.9 Å². The molecule has 1 amide bonds. The number of aryl methyl sites for hydroxylation is 1. The molecule has 2 heterocycles. The lowest BCUT2D eigenvalue weighted by atomic mass is 10.2. The van der Waals surface area contributed by atoms with Crippen molar-refractivity contribution >= 4 is 21.6 Å². The van der Waals surface area contributed by atoms with E-state index in [9.17, 15) is 23.3 Å². The number of nitrogens with zero attached hydrogens (tertiary/aromatic N) is 3. The van der Waals surface area contributed by atoms with Gasteiger partial charge < -0.3 is 9.32 Å². The SMILES string of the molecule is Cc1ccc([N+](=O)[O-])cc1S(=O)(=O)N1CCN(C(=O)c2ccoc2)CC1. The van der Waals surface area contributed by atoms with E-state index in [0.29, 0.717) is 11.1 Å². The minimum absolute atomic E-state index is 0.0821. The van der Waals surface area contributed by atoms with Crippen LogP contribution in [0.4, 0.5) is 5.69 Å². The topological polar surface area (TPSA) is 114 Å². The van der Waals surface area contributed by atoms with Crippen LogP contribution < -0.4 is 0 Å². The highest BCUT2D eigenvalue weighted by atomic mass is 32.2. The largest absolute Gasteiger partial charge is 0.472 e. The van der Waals surface area contributed by atoms with Crippen molar-refractivity contribution < 1.29 is 22.6 Å². The maximum Gasteiger partial charge on any atom is 0.270 e. The summed E-state index contributed by atoms with van der Waals surface area (Å²) in [5, 5.41) is 10.9. The summed E-state index contributed by atoms with van der Waals surface area (Å²) < 4.78 is 31.9. The highest BCUT2D eigenvalue weighted by Crippen LogP contribution is 2.25. The molecule has 0 spiro atoms. The van der Waals surface area contributed by atoms with Crippen molar-refractivity contribution in [3.63, 3.8) is 0 Å². The highest BCUT2D eigenvalue weighted by molar-refractivity contribution is 7.89. The predicted octanol–water partition coefficient (Wildman–Crippen LogP) is 1.64. The number of nitro benzene ring substituents is 1. The molecule has 3 rings (SSSR count). The fraction of sp³-hybridized carbons (Fsp3) is 0.312. The molecule has 1 aromatic heterocycles. The number of furan rings is 1. The Morgan fingerprint density at radius 2 is 1.88 bits per heavy atom. The monoisotopic (exact) mass is 379 g/mol.